The second-order valence-corrected chi connectivity index (χ2v) is 15.3. The van der Waals surface area contributed by atoms with E-state index in [1.54, 1.807) is 6.92 Å². The smallest absolute Gasteiger partial charge is 0.338 e. The monoisotopic (exact) mass is 559 g/mol. The quantitative estimate of drug-likeness (QED) is 0.280. The molecule has 1 aromatic carbocycles. The van der Waals surface area contributed by atoms with Crippen molar-refractivity contribution in [2.75, 3.05) is 6.54 Å². The summed E-state index contributed by atoms with van der Waals surface area (Å²) >= 11 is 0. The van der Waals surface area contributed by atoms with Crippen LogP contribution < -0.4 is 0 Å². The lowest BCUT2D eigenvalue weighted by molar-refractivity contribution is -0.200. The van der Waals surface area contributed by atoms with Crippen molar-refractivity contribution in [2.45, 2.75) is 110 Å². The Balaban J connectivity index is 1.09. The molecule has 0 bridgehead atoms. The van der Waals surface area contributed by atoms with Crippen molar-refractivity contribution in [3.05, 3.63) is 47.5 Å². The van der Waals surface area contributed by atoms with Crippen LogP contribution in [0.15, 0.2) is 42.0 Å². The topological polar surface area (TPSA) is 55.8 Å². The van der Waals surface area contributed by atoms with Gasteiger partial charge in [-0.3, -0.25) is 4.79 Å². The number of likely N-dealkylation sites (tertiary alicyclic amines) is 1. The first-order valence-electron chi connectivity index (χ1n) is 16.5. The molecule has 0 N–H and O–H groups in total. The summed E-state index contributed by atoms with van der Waals surface area (Å²) in [5, 5.41) is 0. The molecule has 4 aliphatic carbocycles. The Morgan fingerprint density at radius 1 is 1.00 bits per heavy atom. The molecule has 7 rings (SSSR count). The fourth-order valence-corrected chi connectivity index (χ4v) is 11.4. The molecule has 0 aromatic heterocycles. The van der Waals surface area contributed by atoms with Crippen molar-refractivity contribution in [1.29, 1.82) is 0 Å². The van der Waals surface area contributed by atoms with E-state index >= 15 is 0 Å². The van der Waals surface area contributed by atoms with Crippen LogP contribution in [0, 0.1) is 46.3 Å². The maximum Gasteiger partial charge on any atom is 0.338 e. The number of benzene rings is 1. The number of piperidine rings is 1. The maximum atomic E-state index is 12.9. The van der Waals surface area contributed by atoms with Gasteiger partial charge in [0.15, 0.2) is 0 Å². The fraction of sp³-hybridized carbons (Fsp3) is 0.722. The van der Waals surface area contributed by atoms with Crippen LogP contribution in [0.2, 0.25) is 0 Å². The highest BCUT2D eigenvalue weighted by atomic mass is 16.5. The molecule has 11 atom stereocenters. The maximum absolute atomic E-state index is 12.9. The predicted molar refractivity (Wildman–Crippen MR) is 159 cm³/mol. The molecule has 5 fully saturated rings. The Morgan fingerprint density at radius 3 is 2.54 bits per heavy atom. The summed E-state index contributed by atoms with van der Waals surface area (Å²) in [7, 11) is 0. The Morgan fingerprint density at radius 2 is 1.78 bits per heavy atom. The number of rotatable bonds is 2. The van der Waals surface area contributed by atoms with Crippen molar-refractivity contribution in [1.82, 2.24) is 4.90 Å². The third-order valence-corrected chi connectivity index (χ3v) is 13.4. The predicted octanol–water partition coefficient (Wildman–Crippen LogP) is 7.41. The molecule has 2 aliphatic heterocycles. The molecule has 41 heavy (non-hydrogen) atoms. The van der Waals surface area contributed by atoms with Crippen LogP contribution in [-0.2, 0) is 14.3 Å². The van der Waals surface area contributed by atoms with Gasteiger partial charge < -0.3 is 14.4 Å². The van der Waals surface area contributed by atoms with Crippen molar-refractivity contribution in [2.24, 2.45) is 46.3 Å². The lowest BCUT2D eigenvalue weighted by Crippen LogP contribution is -2.60. The summed E-state index contributed by atoms with van der Waals surface area (Å²) in [6.45, 7) is 12.4. The van der Waals surface area contributed by atoms with E-state index in [1.165, 1.54) is 18.4 Å². The van der Waals surface area contributed by atoms with E-state index in [0.29, 0.717) is 41.1 Å². The molecule has 2 heterocycles. The molecule has 3 saturated carbocycles. The minimum Gasteiger partial charge on any atom is -0.458 e. The van der Waals surface area contributed by atoms with Crippen LogP contribution in [0.1, 0.15) is 103 Å². The first-order valence-corrected chi connectivity index (χ1v) is 16.5. The number of fused-ring (bicyclic) bond motifs is 7. The molecule has 0 radical (unpaired) electrons. The number of esters is 1. The van der Waals surface area contributed by atoms with Gasteiger partial charge >= 0.3 is 5.97 Å². The average Bonchev–Trinajstić information content (AvgIpc) is 3.40. The van der Waals surface area contributed by atoms with Gasteiger partial charge in [-0.25, -0.2) is 4.79 Å². The number of amides is 1. The van der Waals surface area contributed by atoms with Crippen LogP contribution in [0.3, 0.4) is 0 Å². The Hall–Kier alpha value is -2.14. The van der Waals surface area contributed by atoms with Crippen molar-refractivity contribution < 1.29 is 19.1 Å². The van der Waals surface area contributed by atoms with E-state index in [4.69, 9.17) is 9.47 Å². The van der Waals surface area contributed by atoms with E-state index in [-0.39, 0.29) is 34.9 Å². The van der Waals surface area contributed by atoms with E-state index in [9.17, 15) is 9.59 Å². The Kier molecular flexibility index (Phi) is 6.54. The van der Waals surface area contributed by atoms with E-state index in [2.05, 4.69) is 38.7 Å². The van der Waals surface area contributed by atoms with Gasteiger partial charge in [-0.1, -0.05) is 57.5 Å². The van der Waals surface area contributed by atoms with Gasteiger partial charge in [0, 0.05) is 25.8 Å². The highest BCUT2D eigenvalue weighted by Crippen LogP contribution is 2.70. The molecule has 6 aliphatic rings. The molecule has 1 amide bonds. The molecule has 5 heteroatoms. The molecular formula is C36H49NO4. The highest BCUT2D eigenvalue weighted by Gasteiger charge is 2.69. The minimum absolute atomic E-state index is 0.0221. The normalized spacial score (nSPS) is 46.7. The zero-order valence-electron chi connectivity index (χ0n) is 25.7. The van der Waals surface area contributed by atoms with E-state index in [0.717, 1.165) is 51.5 Å². The average molecular weight is 560 g/mol. The summed E-state index contributed by atoms with van der Waals surface area (Å²) in [5.74, 6) is 3.48. The number of hydrogen-bond acceptors (Lipinski definition) is 4. The van der Waals surface area contributed by atoms with Crippen LogP contribution in [0.5, 0.6) is 0 Å². The summed E-state index contributed by atoms with van der Waals surface area (Å²) in [6, 6.07) is 9.41. The SMILES string of the molecule is CC(=O)N1C[C@H](C)CC[C@]12O[C@H]1C[C@@H]3[C@@H]4CC=C5C[C@@H](OC(=O)c6ccccc6)CC[C@]5(C)[C@H]4CC[C@]3(C)[C@H]1[C@@H]2C. The summed E-state index contributed by atoms with van der Waals surface area (Å²) in [4.78, 5) is 27.7. The number of carbonyl (C=O) groups excluding carboxylic acids is 2. The molecule has 1 spiro atoms. The number of ether oxygens (including phenoxy) is 2. The van der Waals surface area contributed by atoms with Crippen LogP contribution >= 0.6 is 0 Å². The van der Waals surface area contributed by atoms with Crippen LogP contribution in [-0.4, -0.2) is 41.3 Å². The standard InChI is InChI=1S/C36H49NO4/c1-22-13-18-36(37(21-22)24(3)38)23(2)32-31(41-36)20-30-28-12-11-26-19-27(40-33(39)25-9-7-6-8-10-25)14-16-34(26,4)29(28)15-17-35(30,32)5/h6-11,22-23,27-32H,12-21H2,1-5H3/t22-,23+,27+,28-,29+,30-,31+,32+,34+,35+,36-/m1/s1. The summed E-state index contributed by atoms with van der Waals surface area (Å²) < 4.78 is 13.2. The summed E-state index contributed by atoms with van der Waals surface area (Å²) in [5.41, 5.74) is 2.25. The zero-order valence-corrected chi connectivity index (χ0v) is 25.7. The number of carbonyl (C=O) groups is 2. The van der Waals surface area contributed by atoms with Gasteiger partial charge in [-0.15, -0.1) is 0 Å². The molecule has 5 nitrogen and oxygen atoms in total. The number of allylic oxidation sites excluding steroid dienone is 1. The fourth-order valence-electron chi connectivity index (χ4n) is 11.4. The van der Waals surface area contributed by atoms with Crippen molar-refractivity contribution in [3.63, 3.8) is 0 Å². The van der Waals surface area contributed by atoms with Gasteiger partial charge in [0.05, 0.1) is 11.7 Å². The Bertz CT molecular complexity index is 1240. The Labute approximate surface area is 246 Å². The van der Waals surface area contributed by atoms with Crippen LogP contribution in [0.4, 0.5) is 0 Å². The van der Waals surface area contributed by atoms with Gasteiger partial charge in [0.1, 0.15) is 11.8 Å². The first-order chi connectivity index (χ1) is 19.6. The molecule has 1 aromatic rings. The highest BCUT2D eigenvalue weighted by molar-refractivity contribution is 5.89. The second-order valence-electron chi connectivity index (χ2n) is 15.3. The van der Waals surface area contributed by atoms with Crippen molar-refractivity contribution in [3.8, 4) is 0 Å². The number of hydrogen-bond donors (Lipinski definition) is 0. The lowest BCUT2D eigenvalue weighted by atomic mass is 9.46. The van der Waals surface area contributed by atoms with Gasteiger partial charge in [0.25, 0.3) is 0 Å². The molecule has 222 valence electrons. The second kappa shape index (κ2) is 9.69. The molecular weight excluding hydrogens is 510 g/mol. The van der Waals surface area contributed by atoms with Gasteiger partial charge in [-0.05, 0) is 104 Å². The zero-order chi connectivity index (χ0) is 28.7. The minimum atomic E-state index is -0.403. The van der Waals surface area contributed by atoms with Crippen molar-refractivity contribution >= 4 is 11.9 Å². The molecule has 0 unspecified atom stereocenters. The third-order valence-electron chi connectivity index (χ3n) is 13.4. The largest absolute Gasteiger partial charge is 0.458 e. The van der Waals surface area contributed by atoms with Gasteiger partial charge in [0.2, 0.25) is 5.91 Å². The number of nitrogens with zero attached hydrogens (tertiary/aromatic N) is 1. The van der Waals surface area contributed by atoms with Gasteiger partial charge in [-0.2, -0.15) is 0 Å². The molecule has 2 saturated heterocycles. The van der Waals surface area contributed by atoms with E-state index in [1.807, 2.05) is 30.3 Å². The van der Waals surface area contributed by atoms with Crippen LogP contribution in [0.25, 0.3) is 0 Å². The third kappa shape index (κ3) is 4.03. The summed E-state index contributed by atoms with van der Waals surface area (Å²) in [6.07, 6.45) is 12.7. The first kappa shape index (κ1) is 27.7. The lowest BCUT2D eigenvalue weighted by Gasteiger charge is -2.59. The van der Waals surface area contributed by atoms with E-state index < -0.39 is 5.72 Å².